The van der Waals surface area contributed by atoms with E-state index in [0.29, 0.717) is 55.5 Å². The lowest BCUT2D eigenvalue weighted by atomic mass is 10.1. The highest BCUT2D eigenvalue weighted by Crippen LogP contribution is 2.32. The molecular formula is C33H31F5N6O3S. The lowest BCUT2D eigenvalue weighted by Gasteiger charge is -2.36. The van der Waals surface area contributed by atoms with Gasteiger partial charge in [-0.3, -0.25) is 4.79 Å². The molecular weight excluding hydrogens is 655 g/mol. The maximum absolute atomic E-state index is 13.4. The second-order valence-electron chi connectivity index (χ2n) is 11.5. The highest BCUT2D eigenvalue weighted by molar-refractivity contribution is 7.89. The van der Waals surface area contributed by atoms with Gasteiger partial charge in [-0.1, -0.05) is 12.1 Å². The van der Waals surface area contributed by atoms with E-state index < -0.39 is 39.5 Å². The Labute approximate surface area is 274 Å². The van der Waals surface area contributed by atoms with Crippen LogP contribution in [0.1, 0.15) is 24.1 Å². The number of alkyl halides is 3. The van der Waals surface area contributed by atoms with Crippen LogP contribution in [0.15, 0.2) is 83.8 Å². The van der Waals surface area contributed by atoms with Crippen LogP contribution in [-0.4, -0.2) is 67.4 Å². The maximum Gasteiger partial charge on any atom is 0.416 e. The number of hydrogen-bond donors (Lipinski definition) is 1. The molecule has 2 aliphatic heterocycles. The lowest BCUT2D eigenvalue weighted by molar-refractivity contribution is -0.137. The van der Waals surface area contributed by atoms with Crippen molar-refractivity contribution in [3.8, 4) is 11.3 Å². The summed E-state index contributed by atoms with van der Waals surface area (Å²) >= 11 is 0. The maximum atomic E-state index is 13.4. The van der Waals surface area contributed by atoms with Crippen LogP contribution in [0, 0.1) is 11.6 Å². The Morgan fingerprint density at radius 1 is 0.812 bits per heavy atom. The molecule has 1 N–H and O–H groups in total. The van der Waals surface area contributed by atoms with Crippen LogP contribution in [-0.2, 0) is 27.5 Å². The van der Waals surface area contributed by atoms with Gasteiger partial charge in [-0.25, -0.2) is 27.2 Å². The van der Waals surface area contributed by atoms with E-state index in [9.17, 15) is 35.2 Å². The molecule has 48 heavy (non-hydrogen) atoms. The van der Waals surface area contributed by atoms with Crippen molar-refractivity contribution in [2.75, 3.05) is 42.5 Å². The molecule has 0 bridgehead atoms. The third-order valence-electron chi connectivity index (χ3n) is 8.40. The summed E-state index contributed by atoms with van der Waals surface area (Å²) < 4.78 is 94.2. The first kappa shape index (κ1) is 33.3. The van der Waals surface area contributed by atoms with Gasteiger partial charge in [0, 0.05) is 44.0 Å². The van der Waals surface area contributed by atoms with Gasteiger partial charge in [0.05, 0.1) is 28.4 Å². The van der Waals surface area contributed by atoms with Gasteiger partial charge in [0.2, 0.25) is 21.9 Å². The second-order valence-corrected chi connectivity index (χ2v) is 13.4. The van der Waals surface area contributed by atoms with Gasteiger partial charge in [-0.15, -0.1) is 0 Å². The molecule has 6 rings (SSSR count). The fourth-order valence-corrected chi connectivity index (χ4v) is 7.49. The minimum absolute atomic E-state index is 0.0987. The SMILES string of the molecule is O=C(NCc1cc(-c2ccc(C(F)(F)F)cc2)nc(N2CCN(c3ccc(F)cc3)CC2)n1)C1CCCN1S(=O)(=O)c1ccc(F)cc1. The van der Waals surface area contributed by atoms with Gasteiger partial charge in [-0.05, 0) is 79.6 Å². The Morgan fingerprint density at radius 2 is 1.42 bits per heavy atom. The molecule has 1 amide bonds. The summed E-state index contributed by atoms with van der Waals surface area (Å²) in [6.45, 7) is 2.17. The molecule has 0 radical (unpaired) electrons. The standard InChI is InChI=1S/C33H31F5N6O3S/c34-24-7-11-27(12-8-24)42-16-18-43(19-17-42)32-40-26(20-29(41-32)22-3-5-23(6-4-22)33(36,37)38)21-39-31(45)30-2-1-15-44(30)48(46,47)28-13-9-25(35)10-14-28/h3-14,20,30H,1-2,15-19,21H2,(H,39,45). The van der Waals surface area contributed by atoms with E-state index in [1.54, 1.807) is 18.2 Å². The molecule has 4 aromatic rings. The average Bonchev–Trinajstić information content (AvgIpc) is 3.59. The van der Waals surface area contributed by atoms with Gasteiger partial charge in [0.15, 0.2) is 0 Å². The molecule has 2 fully saturated rings. The van der Waals surface area contributed by atoms with Crippen molar-refractivity contribution in [3.63, 3.8) is 0 Å². The summed E-state index contributed by atoms with van der Waals surface area (Å²) in [6.07, 6.45) is -3.76. The molecule has 15 heteroatoms. The number of anilines is 2. The van der Waals surface area contributed by atoms with Crippen molar-refractivity contribution >= 4 is 27.6 Å². The summed E-state index contributed by atoms with van der Waals surface area (Å²) in [5, 5.41) is 2.77. The fraction of sp³-hybridized carbons (Fsp3) is 0.303. The predicted molar refractivity (Wildman–Crippen MR) is 168 cm³/mol. The molecule has 1 unspecified atom stereocenters. The fourth-order valence-electron chi connectivity index (χ4n) is 5.84. The Kier molecular flexibility index (Phi) is 9.34. The lowest BCUT2D eigenvalue weighted by Crippen LogP contribution is -2.47. The quantitative estimate of drug-likeness (QED) is 0.254. The molecule has 2 aliphatic rings. The first-order valence-electron chi connectivity index (χ1n) is 15.2. The van der Waals surface area contributed by atoms with Crippen LogP contribution in [0.4, 0.5) is 33.6 Å². The normalized spacial score (nSPS) is 17.5. The zero-order chi connectivity index (χ0) is 34.1. The van der Waals surface area contributed by atoms with E-state index in [4.69, 9.17) is 0 Å². The summed E-state index contributed by atoms with van der Waals surface area (Å²) in [4.78, 5) is 26.6. The Morgan fingerprint density at radius 3 is 2.04 bits per heavy atom. The molecule has 1 atom stereocenters. The number of amides is 1. The molecule has 2 saturated heterocycles. The molecule has 9 nitrogen and oxygen atoms in total. The van der Waals surface area contributed by atoms with Crippen molar-refractivity contribution in [1.82, 2.24) is 19.6 Å². The molecule has 0 spiro atoms. The van der Waals surface area contributed by atoms with E-state index in [-0.39, 0.29) is 30.2 Å². The molecule has 0 saturated carbocycles. The minimum Gasteiger partial charge on any atom is -0.368 e. The summed E-state index contributed by atoms with van der Waals surface area (Å²) in [7, 11) is -4.07. The van der Waals surface area contributed by atoms with Gasteiger partial charge in [0.25, 0.3) is 0 Å². The largest absolute Gasteiger partial charge is 0.416 e. The summed E-state index contributed by atoms with van der Waals surface area (Å²) in [6, 6.07) is 15.7. The number of halogens is 5. The smallest absolute Gasteiger partial charge is 0.368 e. The van der Waals surface area contributed by atoms with E-state index in [1.807, 2.05) is 4.90 Å². The number of hydrogen-bond acceptors (Lipinski definition) is 7. The molecule has 252 valence electrons. The topological polar surface area (TPSA) is 98.7 Å². The van der Waals surface area contributed by atoms with E-state index >= 15 is 0 Å². The van der Waals surface area contributed by atoms with Crippen molar-refractivity contribution in [2.45, 2.75) is 36.5 Å². The summed E-state index contributed by atoms with van der Waals surface area (Å²) in [5.41, 5.74) is 1.19. The first-order valence-corrected chi connectivity index (χ1v) is 16.7. The number of benzene rings is 3. The highest BCUT2D eigenvalue weighted by atomic mass is 32.2. The first-order chi connectivity index (χ1) is 22.9. The zero-order valence-electron chi connectivity index (χ0n) is 25.5. The molecule has 1 aromatic heterocycles. The van der Waals surface area contributed by atoms with Crippen LogP contribution in [0.5, 0.6) is 0 Å². The van der Waals surface area contributed by atoms with Crippen LogP contribution >= 0.6 is 0 Å². The number of sulfonamides is 1. The van der Waals surface area contributed by atoms with Crippen molar-refractivity contribution in [1.29, 1.82) is 0 Å². The Bertz CT molecular complexity index is 1870. The highest BCUT2D eigenvalue weighted by Gasteiger charge is 2.39. The number of piperazine rings is 1. The van der Waals surface area contributed by atoms with Crippen LogP contribution in [0.25, 0.3) is 11.3 Å². The van der Waals surface area contributed by atoms with Crippen LogP contribution < -0.4 is 15.1 Å². The third kappa shape index (κ3) is 7.26. The minimum atomic E-state index is -4.51. The zero-order valence-corrected chi connectivity index (χ0v) is 26.3. The van der Waals surface area contributed by atoms with Gasteiger partial charge in [-0.2, -0.15) is 17.5 Å². The van der Waals surface area contributed by atoms with Crippen LogP contribution in [0.2, 0.25) is 0 Å². The number of aromatic nitrogens is 2. The number of carbonyl (C=O) groups is 1. The van der Waals surface area contributed by atoms with Crippen LogP contribution in [0.3, 0.4) is 0 Å². The van der Waals surface area contributed by atoms with Gasteiger partial charge in [0.1, 0.15) is 17.7 Å². The molecule has 3 aromatic carbocycles. The number of carbonyl (C=O) groups excluding carboxylic acids is 1. The second kappa shape index (κ2) is 13.5. The van der Waals surface area contributed by atoms with Crippen molar-refractivity contribution < 1.29 is 35.2 Å². The van der Waals surface area contributed by atoms with Gasteiger partial charge >= 0.3 is 6.18 Å². The van der Waals surface area contributed by atoms with E-state index in [1.165, 1.54) is 24.3 Å². The monoisotopic (exact) mass is 686 g/mol. The molecule has 0 aliphatic carbocycles. The Balaban J connectivity index is 1.22. The van der Waals surface area contributed by atoms with E-state index in [0.717, 1.165) is 46.4 Å². The van der Waals surface area contributed by atoms with Gasteiger partial charge < -0.3 is 15.1 Å². The number of nitrogens with zero attached hydrogens (tertiary/aromatic N) is 5. The predicted octanol–water partition coefficient (Wildman–Crippen LogP) is 5.24. The molecule has 3 heterocycles. The van der Waals surface area contributed by atoms with E-state index in [2.05, 4.69) is 20.2 Å². The average molecular weight is 687 g/mol. The van der Waals surface area contributed by atoms with Crippen molar-refractivity contribution in [2.24, 2.45) is 0 Å². The number of rotatable bonds is 8. The van der Waals surface area contributed by atoms with Crippen molar-refractivity contribution in [3.05, 3.63) is 102 Å². The summed E-state index contributed by atoms with van der Waals surface area (Å²) in [5.74, 6) is -1.14. The third-order valence-corrected chi connectivity index (χ3v) is 10.3. The Hall–Kier alpha value is -4.63. The number of nitrogens with one attached hydrogen (secondary N) is 1.